The third kappa shape index (κ3) is 2.48. The van der Waals surface area contributed by atoms with E-state index < -0.39 is 0 Å². The molecular formula is C17H22N2. The second-order valence-electron chi connectivity index (χ2n) is 4.92. The Kier molecular flexibility index (Phi) is 4.20. The Bertz CT molecular complexity index is 514. The molecule has 2 nitrogen and oxygen atoms in total. The second kappa shape index (κ2) is 5.87. The third-order valence-electron chi connectivity index (χ3n) is 3.77. The predicted molar refractivity (Wildman–Crippen MR) is 82.8 cm³/mol. The van der Waals surface area contributed by atoms with Gasteiger partial charge in [-0.15, -0.1) is 0 Å². The summed E-state index contributed by atoms with van der Waals surface area (Å²) in [6.45, 7) is 10.2. The number of hydrogen-bond acceptors (Lipinski definition) is 2. The van der Waals surface area contributed by atoms with Gasteiger partial charge in [-0.1, -0.05) is 50.8 Å². The van der Waals surface area contributed by atoms with Crippen LogP contribution in [0, 0.1) is 0 Å². The summed E-state index contributed by atoms with van der Waals surface area (Å²) in [5.41, 5.74) is 4.54. The van der Waals surface area contributed by atoms with E-state index in [2.05, 4.69) is 49.7 Å². The van der Waals surface area contributed by atoms with E-state index in [4.69, 9.17) is 4.99 Å². The van der Waals surface area contributed by atoms with Crippen molar-refractivity contribution < 1.29 is 0 Å². The van der Waals surface area contributed by atoms with Crippen LogP contribution in [0.1, 0.15) is 36.8 Å². The zero-order valence-corrected chi connectivity index (χ0v) is 11.8. The summed E-state index contributed by atoms with van der Waals surface area (Å²) in [4.78, 5) is 4.85. The van der Waals surface area contributed by atoms with Crippen molar-refractivity contribution in [1.29, 1.82) is 0 Å². The fourth-order valence-corrected chi connectivity index (χ4v) is 2.79. The molecule has 2 heteroatoms. The Morgan fingerprint density at radius 1 is 1.42 bits per heavy atom. The second-order valence-corrected chi connectivity index (χ2v) is 4.92. The molecule has 0 aromatic heterocycles. The molecule has 0 radical (unpaired) electrons. The van der Waals surface area contributed by atoms with Crippen LogP contribution in [0.2, 0.25) is 0 Å². The van der Waals surface area contributed by atoms with Crippen LogP contribution in [0.25, 0.3) is 0 Å². The van der Waals surface area contributed by atoms with Gasteiger partial charge in [-0.25, -0.2) is 0 Å². The van der Waals surface area contributed by atoms with Gasteiger partial charge >= 0.3 is 0 Å². The van der Waals surface area contributed by atoms with Crippen molar-refractivity contribution in [1.82, 2.24) is 5.32 Å². The molecule has 1 aliphatic heterocycles. The number of fused-ring (bicyclic) bond motifs is 1. The minimum Gasteiger partial charge on any atom is -0.390 e. The molecular weight excluding hydrogens is 232 g/mol. The Morgan fingerprint density at radius 3 is 2.79 bits per heavy atom. The first-order chi connectivity index (χ1) is 9.22. The lowest BCUT2D eigenvalue weighted by Crippen LogP contribution is -2.31. The van der Waals surface area contributed by atoms with E-state index in [9.17, 15) is 0 Å². The minimum atomic E-state index is 0.104. The van der Waals surface area contributed by atoms with Crippen molar-refractivity contribution in [3.8, 4) is 0 Å². The molecule has 2 rings (SSSR count). The molecule has 1 aliphatic rings. The van der Waals surface area contributed by atoms with E-state index in [1.54, 1.807) is 0 Å². The normalized spacial score (nSPS) is 21.3. The summed E-state index contributed by atoms with van der Waals surface area (Å²) in [6, 6.07) is 8.62. The van der Waals surface area contributed by atoms with Crippen molar-refractivity contribution in [2.24, 2.45) is 4.99 Å². The van der Waals surface area contributed by atoms with Gasteiger partial charge in [0.05, 0.1) is 11.8 Å². The van der Waals surface area contributed by atoms with Crippen molar-refractivity contribution >= 4 is 5.71 Å². The highest BCUT2D eigenvalue weighted by Gasteiger charge is 2.30. The average molecular weight is 254 g/mol. The maximum Gasteiger partial charge on any atom is 0.0963 e. The Balaban J connectivity index is 2.53. The standard InChI is InChI=1S/C17H22N2/c1-5-9-15-13-10-7-8-11-14(13)16(6-2)19-17(15)12(3)18-4/h6-8,10-11,15,17-18H,2-3,5,9H2,1,4H3. The van der Waals surface area contributed by atoms with Crippen LogP contribution in [0.4, 0.5) is 0 Å². The molecule has 0 amide bonds. The largest absolute Gasteiger partial charge is 0.390 e. The molecule has 1 aromatic carbocycles. The number of benzene rings is 1. The highest BCUT2D eigenvalue weighted by molar-refractivity contribution is 6.10. The van der Waals surface area contributed by atoms with Crippen LogP contribution in [-0.2, 0) is 0 Å². The van der Waals surface area contributed by atoms with Crippen molar-refractivity contribution in [3.63, 3.8) is 0 Å². The molecule has 0 fully saturated rings. The van der Waals surface area contributed by atoms with Gasteiger partial charge in [0.1, 0.15) is 0 Å². The van der Waals surface area contributed by atoms with E-state index in [0.29, 0.717) is 5.92 Å². The van der Waals surface area contributed by atoms with E-state index in [1.807, 2.05) is 13.1 Å². The predicted octanol–water partition coefficient (Wildman–Crippen LogP) is 3.66. The van der Waals surface area contributed by atoms with Crippen molar-refractivity contribution in [2.45, 2.75) is 31.7 Å². The van der Waals surface area contributed by atoms with Crippen LogP contribution in [-0.4, -0.2) is 18.8 Å². The zero-order valence-electron chi connectivity index (χ0n) is 11.8. The molecule has 0 aliphatic carbocycles. The molecule has 2 atom stereocenters. The smallest absolute Gasteiger partial charge is 0.0963 e. The molecule has 19 heavy (non-hydrogen) atoms. The molecule has 1 heterocycles. The number of likely N-dealkylation sites (N-methyl/N-ethyl adjacent to an activating group) is 1. The van der Waals surface area contributed by atoms with Gasteiger partial charge in [0.15, 0.2) is 0 Å². The molecule has 0 spiro atoms. The number of aliphatic imine (C=N–C) groups is 1. The first-order valence-corrected chi connectivity index (χ1v) is 6.89. The number of nitrogens with zero attached hydrogens (tertiary/aromatic N) is 1. The van der Waals surface area contributed by atoms with E-state index in [-0.39, 0.29) is 6.04 Å². The summed E-state index contributed by atoms with van der Waals surface area (Å²) in [5, 5.41) is 3.16. The Hall–Kier alpha value is -1.83. The van der Waals surface area contributed by atoms with Gasteiger partial charge in [-0.2, -0.15) is 0 Å². The monoisotopic (exact) mass is 254 g/mol. The maximum absolute atomic E-state index is 4.85. The molecule has 0 saturated heterocycles. The molecule has 1 N–H and O–H groups in total. The third-order valence-corrected chi connectivity index (χ3v) is 3.77. The molecule has 0 saturated carbocycles. The lowest BCUT2D eigenvalue weighted by molar-refractivity contribution is 0.520. The van der Waals surface area contributed by atoms with Gasteiger partial charge in [0.2, 0.25) is 0 Å². The maximum atomic E-state index is 4.85. The zero-order chi connectivity index (χ0) is 13.8. The summed E-state index contributed by atoms with van der Waals surface area (Å²) in [5.74, 6) is 0.407. The number of hydrogen-bond donors (Lipinski definition) is 1. The summed E-state index contributed by atoms with van der Waals surface area (Å²) >= 11 is 0. The van der Waals surface area contributed by atoms with Crippen LogP contribution < -0.4 is 5.32 Å². The number of allylic oxidation sites excluding steroid dienone is 1. The quantitative estimate of drug-likeness (QED) is 0.852. The first-order valence-electron chi connectivity index (χ1n) is 6.89. The fourth-order valence-electron chi connectivity index (χ4n) is 2.79. The summed E-state index contributed by atoms with van der Waals surface area (Å²) in [7, 11) is 1.91. The highest BCUT2D eigenvalue weighted by atomic mass is 14.9. The van der Waals surface area contributed by atoms with Crippen molar-refractivity contribution in [3.05, 3.63) is 60.3 Å². The van der Waals surface area contributed by atoms with Crippen LogP contribution in [0.15, 0.2) is 54.2 Å². The molecule has 0 bridgehead atoms. The summed E-state index contributed by atoms with van der Waals surface area (Å²) < 4.78 is 0. The highest BCUT2D eigenvalue weighted by Crippen LogP contribution is 2.36. The lowest BCUT2D eigenvalue weighted by Gasteiger charge is -2.32. The van der Waals surface area contributed by atoms with Gasteiger partial charge in [-0.3, -0.25) is 4.99 Å². The Labute approximate surface area is 116 Å². The molecule has 1 aromatic rings. The topological polar surface area (TPSA) is 24.4 Å². The molecule has 100 valence electrons. The van der Waals surface area contributed by atoms with Gasteiger partial charge < -0.3 is 5.32 Å². The SMILES string of the molecule is C=CC1=NC(C(=C)NC)C(CCC)c2ccccc21. The van der Waals surface area contributed by atoms with Gasteiger partial charge in [0.25, 0.3) is 0 Å². The van der Waals surface area contributed by atoms with Gasteiger partial charge in [0, 0.05) is 24.2 Å². The van der Waals surface area contributed by atoms with E-state index in [1.165, 1.54) is 11.1 Å². The average Bonchev–Trinajstić information content (AvgIpc) is 2.47. The summed E-state index contributed by atoms with van der Waals surface area (Å²) in [6.07, 6.45) is 4.11. The van der Waals surface area contributed by atoms with E-state index >= 15 is 0 Å². The lowest BCUT2D eigenvalue weighted by atomic mass is 9.80. The van der Waals surface area contributed by atoms with Crippen LogP contribution in [0.5, 0.6) is 0 Å². The molecule has 2 unspecified atom stereocenters. The van der Waals surface area contributed by atoms with Crippen molar-refractivity contribution in [2.75, 3.05) is 7.05 Å². The fraction of sp³-hybridized carbons (Fsp3) is 0.353. The minimum absolute atomic E-state index is 0.104. The van der Waals surface area contributed by atoms with E-state index in [0.717, 1.165) is 24.3 Å². The van der Waals surface area contributed by atoms with Gasteiger partial charge in [-0.05, 0) is 18.1 Å². The van der Waals surface area contributed by atoms with Crippen LogP contribution >= 0.6 is 0 Å². The van der Waals surface area contributed by atoms with Crippen LogP contribution in [0.3, 0.4) is 0 Å². The first kappa shape index (κ1) is 13.6. The number of nitrogens with one attached hydrogen (secondary N) is 1. The Morgan fingerprint density at radius 2 is 2.16 bits per heavy atom. The number of rotatable bonds is 5.